The number of nitrogens with one attached hydrogen (secondary N) is 1. The summed E-state index contributed by atoms with van der Waals surface area (Å²) in [6.07, 6.45) is 1.38. The second-order valence-electron chi connectivity index (χ2n) is 5.47. The van der Waals surface area contributed by atoms with Gasteiger partial charge in [0.15, 0.2) is 11.2 Å². The molecule has 8 nitrogen and oxygen atoms in total. The van der Waals surface area contributed by atoms with Crippen LogP contribution in [0.15, 0.2) is 34.1 Å². The van der Waals surface area contributed by atoms with Gasteiger partial charge in [-0.2, -0.15) is 0 Å². The van der Waals surface area contributed by atoms with E-state index in [1.54, 1.807) is 7.05 Å². The molecule has 1 amide bonds. The largest absolute Gasteiger partial charge is 0.332 e. The van der Waals surface area contributed by atoms with E-state index in [0.717, 1.165) is 21.3 Å². The molecule has 0 fully saturated rings. The molecule has 0 saturated carbocycles. The summed E-state index contributed by atoms with van der Waals surface area (Å²) < 4.78 is 29.6. The molecule has 3 aromatic rings. The average molecular weight is 349 g/mol. The zero-order chi connectivity index (χ0) is 18.3. The Bertz CT molecular complexity index is 1090. The minimum absolute atomic E-state index is 0.117. The molecular formula is C15H13F2N5O3. The average Bonchev–Trinajstić information content (AvgIpc) is 2.90. The Labute approximate surface area is 138 Å². The molecule has 1 aromatic carbocycles. The van der Waals surface area contributed by atoms with E-state index >= 15 is 0 Å². The first-order chi connectivity index (χ1) is 11.8. The van der Waals surface area contributed by atoms with E-state index < -0.39 is 35.3 Å². The number of aryl methyl sites for hydroxylation is 2. The van der Waals surface area contributed by atoms with Crippen molar-refractivity contribution in [1.29, 1.82) is 0 Å². The van der Waals surface area contributed by atoms with Crippen molar-refractivity contribution in [1.82, 2.24) is 18.7 Å². The third-order valence-corrected chi connectivity index (χ3v) is 3.65. The lowest BCUT2D eigenvalue weighted by Crippen LogP contribution is -2.42. The molecule has 0 spiro atoms. The Morgan fingerprint density at radius 3 is 2.44 bits per heavy atom. The van der Waals surface area contributed by atoms with Gasteiger partial charge in [-0.05, 0) is 12.1 Å². The molecule has 0 unspecified atom stereocenters. The molecule has 3 rings (SSSR count). The summed E-state index contributed by atoms with van der Waals surface area (Å²) in [6.45, 7) is -0.606. The van der Waals surface area contributed by atoms with Crippen LogP contribution >= 0.6 is 0 Å². The lowest BCUT2D eigenvalue weighted by atomic mass is 10.3. The molecule has 130 valence electrons. The number of aromatic nitrogens is 4. The van der Waals surface area contributed by atoms with Crippen LogP contribution in [0.4, 0.5) is 14.5 Å². The summed E-state index contributed by atoms with van der Waals surface area (Å²) in [5, 5.41) is 2.25. The molecule has 0 radical (unpaired) electrons. The van der Waals surface area contributed by atoms with Gasteiger partial charge >= 0.3 is 5.69 Å². The number of halogens is 2. The van der Waals surface area contributed by atoms with Crippen LogP contribution in [-0.4, -0.2) is 24.6 Å². The molecule has 0 saturated heterocycles. The Hall–Kier alpha value is -3.30. The molecule has 0 atom stereocenters. The second kappa shape index (κ2) is 5.96. The van der Waals surface area contributed by atoms with Crippen LogP contribution in [-0.2, 0) is 25.4 Å². The Morgan fingerprint density at radius 2 is 1.80 bits per heavy atom. The minimum Gasteiger partial charge on any atom is -0.328 e. The molecule has 0 aliphatic carbocycles. The maximum absolute atomic E-state index is 13.2. The molecular weight excluding hydrogens is 336 g/mol. The van der Waals surface area contributed by atoms with Gasteiger partial charge in [0, 0.05) is 25.8 Å². The highest BCUT2D eigenvalue weighted by Crippen LogP contribution is 2.12. The van der Waals surface area contributed by atoms with Gasteiger partial charge in [0.25, 0.3) is 5.56 Å². The van der Waals surface area contributed by atoms with Crippen molar-refractivity contribution >= 4 is 22.8 Å². The fourth-order valence-electron chi connectivity index (χ4n) is 2.51. The topological polar surface area (TPSA) is 90.9 Å². The lowest BCUT2D eigenvalue weighted by Gasteiger charge is -2.09. The summed E-state index contributed by atoms with van der Waals surface area (Å²) in [5.41, 5.74) is -1.17. The molecule has 2 heterocycles. The third kappa shape index (κ3) is 2.93. The molecule has 0 aliphatic heterocycles. The van der Waals surface area contributed by atoms with Crippen LogP contribution in [0, 0.1) is 11.6 Å². The van der Waals surface area contributed by atoms with Gasteiger partial charge in [0.2, 0.25) is 5.91 Å². The number of imidazole rings is 1. The van der Waals surface area contributed by atoms with Crippen LogP contribution in [0.25, 0.3) is 11.2 Å². The van der Waals surface area contributed by atoms with Crippen LogP contribution in [0.2, 0.25) is 0 Å². The van der Waals surface area contributed by atoms with Crippen molar-refractivity contribution in [3.8, 4) is 0 Å². The number of hydrogen-bond donors (Lipinski definition) is 1. The monoisotopic (exact) mass is 349 g/mol. The quantitative estimate of drug-likeness (QED) is 0.739. The van der Waals surface area contributed by atoms with Crippen molar-refractivity contribution in [2.24, 2.45) is 14.1 Å². The SMILES string of the molecule is Cn1cnc2c1c(=O)n(CC(=O)Nc1cc(F)cc(F)c1)c(=O)n2C. The van der Waals surface area contributed by atoms with E-state index in [2.05, 4.69) is 10.3 Å². The van der Waals surface area contributed by atoms with Gasteiger partial charge in [0.1, 0.15) is 18.2 Å². The van der Waals surface area contributed by atoms with Gasteiger partial charge in [-0.15, -0.1) is 0 Å². The fourth-order valence-corrected chi connectivity index (χ4v) is 2.51. The summed E-state index contributed by atoms with van der Waals surface area (Å²) >= 11 is 0. The number of anilines is 1. The van der Waals surface area contributed by atoms with Crippen LogP contribution in [0.3, 0.4) is 0 Å². The summed E-state index contributed by atoms with van der Waals surface area (Å²) in [6, 6.07) is 2.50. The third-order valence-electron chi connectivity index (χ3n) is 3.65. The van der Waals surface area contributed by atoms with Gasteiger partial charge in [-0.3, -0.25) is 14.2 Å². The molecule has 0 aliphatic rings. The number of carbonyl (C=O) groups excluding carboxylic acids is 1. The van der Waals surface area contributed by atoms with Crippen LogP contribution in [0.1, 0.15) is 0 Å². The first-order valence-electron chi connectivity index (χ1n) is 7.14. The zero-order valence-corrected chi connectivity index (χ0v) is 13.3. The Balaban J connectivity index is 1.97. The molecule has 0 bridgehead atoms. The van der Waals surface area contributed by atoms with Crippen molar-refractivity contribution in [3.05, 3.63) is 57.0 Å². The Morgan fingerprint density at radius 1 is 1.16 bits per heavy atom. The van der Waals surface area contributed by atoms with Crippen LogP contribution in [0.5, 0.6) is 0 Å². The van der Waals surface area contributed by atoms with E-state index in [-0.39, 0.29) is 16.9 Å². The number of fused-ring (bicyclic) bond motifs is 1. The first kappa shape index (κ1) is 16.6. The number of benzene rings is 1. The van der Waals surface area contributed by atoms with E-state index in [0.29, 0.717) is 6.07 Å². The lowest BCUT2D eigenvalue weighted by molar-refractivity contribution is -0.116. The van der Waals surface area contributed by atoms with Crippen molar-refractivity contribution in [2.45, 2.75) is 6.54 Å². The number of carbonyl (C=O) groups is 1. The van der Waals surface area contributed by atoms with Gasteiger partial charge < -0.3 is 9.88 Å². The normalized spacial score (nSPS) is 11.0. The molecule has 2 aromatic heterocycles. The highest BCUT2D eigenvalue weighted by Gasteiger charge is 2.17. The maximum atomic E-state index is 13.2. The highest BCUT2D eigenvalue weighted by atomic mass is 19.1. The first-order valence-corrected chi connectivity index (χ1v) is 7.14. The summed E-state index contributed by atoms with van der Waals surface area (Å²) in [4.78, 5) is 40.8. The standard InChI is InChI=1S/C15H13F2N5O3/c1-20-7-18-13-12(20)14(24)22(15(25)21(13)2)6-11(23)19-10-4-8(16)3-9(17)5-10/h3-5,7H,6H2,1-2H3,(H,19,23). The smallest absolute Gasteiger partial charge is 0.328 e. The van der Waals surface area contributed by atoms with Crippen molar-refractivity contribution < 1.29 is 13.6 Å². The molecule has 10 heteroatoms. The van der Waals surface area contributed by atoms with Crippen molar-refractivity contribution in [2.75, 3.05) is 5.32 Å². The van der Waals surface area contributed by atoms with E-state index in [4.69, 9.17) is 0 Å². The zero-order valence-electron chi connectivity index (χ0n) is 13.3. The van der Waals surface area contributed by atoms with Gasteiger partial charge in [-0.25, -0.2) is 23.1 Å². The van der Waals surface area contributed by atoms with Gasteiger partial charge in [-0.1, -0.05) is 0 Å². The second-order valence-corrected chi connectivity index (χ2v) is 5.47. The number of nitrogens with zero attached hydrogens (tertiary/aromatic N) is 4. The molecule has 25 heavy (non-hydrogen) atoms. The number of amides is 1. The predicted octanol–water partition coefficient (Wildman–Crippen LogP) is 0.351. The van der Waals surface area contributed by atoms with Crippen molar-refractivity contribution in [3.63, 3.8) is 0 Å². The van der Waals surface area contributed by atoms with E-state index in [1.807, 2.05) is 0 Å². The predicted molar refractivity (Wildman–Crippen MR) is 85.2 cm³/mol. The fraction of sp³-hybridized carbons (Fsp3) is 0.200. The van der Waals surface area contributed by atoms with E-state index in [9.17, 15) is 23.2 Å². The van der Waals surface area contributed by atoms with E-state index in [1.165, 1.54) is 17.9 Å². The van der Waals surface area contributed by atoms with Gasteiger partial charge in [0.05, 0.1) is 6.33 Å². The Kier molecular flexibility index (Phi) is 3.95. The summed E-state index contributed by atoms with van der Waals surface area (Å²) in [7, 11) is 3.01. The highest BCUT2D eigenvalue weighted by molar-refractivity contribution is 5.90. The number of rotatable bonds is 3. The summed E-state index contributed by atoms with van der Waals surface area (Å²) in [5.74, 6) is -2.50. The molecule has 1 N–H and O–H groups in total. The van der Waals surface area contributed by atoms with Crippen LogP contribution < -0.4 is 16.6 Å². The number of hydrogen-bond acceptors (Lipinski definition) is 4. The maximum Gasteiger partial charge on any atom is 0.332 e. The minimum atomic E-state index is -0.861.